The number of hydrogen-bond acceptors (Lipinski definition) is 4. The summed E-state index contributed by atoms with van der Waals surface area (Å²) in [5, 5.41) is 0.171. The Kier molecular flexibility index (Phi) is 6.69. The van der Waals surface area contributed by atoms with Gasteiger partial charge in [-0.3, -0.25) is 0 Å². The maximum Gasteiger partial charge on any atom is 0.261 e. The average Bonchev–Trinajstić information content (AvgIpc) is 2.30. The van der Waals surface area contributed by atoms with Crippen LogP contribution in [0.3, 0.4) is 0 Å². The van der Waals surface area contributed by atoms with Crippen molar-refractivity contribution in [2.75, 3.05) is 19.8 Å². The molecule has 108 valence electrons. The minimum atomic E-state index is -3.87. The van der Waals surface area contributed by atoms with Crippen molar-refractivity contribution >= 4 is 42.9 Å². The van der Waals surface area contributed by atoms with E-state index in [2.05, 4.69) is 0 Å². The van der Waals surface area contributed by atoms with Crippen molar-refractivity contribution in [3.63, 3.8) is 0 Å². The molecule has 0 heterocycles. The molecule has 0 aromatic heterocycles. The Morgan fingerprint density at radius 3 is 2.16 bits per heavy atom. The monoisotopic (exact) mass is 346 g/mol. The highest BCUT2D eigenvalue weighted by Gasteiger charge is 2.16. The Labute approximate surface area is 127 Å². The molecule has 19 heavy (non-hydrogen) atoms. The van der Waals surface area contributed by atoms with Crippen LogP contribution in [0.2, 0.25) is 10.0 Å². The highest BCUT2D eigenvalue weighted by atomic mass is 35.7. The Hall–Kier alpha value is -0.200. The van der Waals surface area contributed by atoms with Crippen LogP contribution >= 0.6 is 33.9 Å². The van der Waals surface area contributed by atoms with Gasteiger partial charge in [-0.25, -0.2) is 8.42 Å². The van der Waals surface area contributed by atoms with E-state index >= 15 is 0 Å². The highest BCUT2D eigenvalue weighted by Crippen LogP contribution is 2.36. The Morgan fingerprint density at radius 1 is 1.11 bits per heavy atom. The van der Waals surface area contributed by atoms with Crippen LogP contribution < -0.4 is 4.74 Å². The van der Waals surface area contributed by atoms with E-state index < -0.39 is 9.05 Å². The van der Waals surface area contributed by atoms with Gasteiger partial charge in [-0.1, -0.05) is 30.1 Å². The van der Waals surface area contributed by atoms with Gasteiger partial charge in [0.1, 0.15) is 6.61 Å². The molecule has 0 N–H and O–H groups in total. The maximum absolute atomic E-state index is 11.2. The highest BCUT2D eigenvalue weighted by molar-refractivity contribution is 8.13. The molecule has 0 bridgehead atoms. The second-order valence-corrected chi connectivity index (χ2v) is 7.00. The largest absolute Gasteiger partial charge is 0.488 e. The van der Waals surface area contributed by atoms with Crippen LogP contribution in [-0.4, -0.2) is 28.2 Å². The molecule has 8 heteroatoms. The standard InChI is InChI=1S/C11H13Cl3O4S/c1-2-3-17-4-5-18-11-9(12)6-8(7-10(11)13)19(14,15)16/h6-7H,2-5H2,1H3. The summed E-state index contributed by atoms with van der Waals surface area (Å²) in [6.07, 6.45) is 0.920. The molecule has 0 unspecified atom stereocenters. The Balaban J connectivity index is 2.75. The number of benzene rings is 1. The lowest BCUT2D eigenvalue weighted by atomic mass is 10.3. The van der Waals surface area contributed by atoms with Crippen LogP contribution in [0.5, 0.6) is 5.75 Å². The molecule has 1 aromatic carbocycles. The fourth-order valence-corrected chi connectivity index (χ4v) is 2.77. The van der Waals surface area contributed by atoms with Crippen molar-refractivity contribution in [3.8, 4) is 5.75 Å². The molecule has 0 amide bonds. The normalized spacial score (nSPS) is 11.6. The summed E-state index contributed by atoms with van der Waals surface area (Å²) >= 11 is 11.8. The van der Waals surface area contributed by atoms with Crippen LogP contribution in [0, 0.1) is 0 Å². The SMILES string of the molecule is CCCOCCOc1c(Cl)cc(S(=O)(=O)Cl)cc1Cl. The summed E-state index contributed by atoms with van der Waals surface area (Å²) in [4.78, 5) is -0.168. The molecule has 0 atom stereocenters. The van der Waals surface area contributed by atoms with Crippen molar-refractivity contribution < 1.29 is 17.9 Å². The third kappa shape index (κ3) is 5.36. The van der Waals surface area contributed by atoms with Gasteiger partial charge in [-0.2, -0.15) is 0 Å². The lowest BCUT2D eigenvalue weighted by Gasteiger charge is -2.11. The van der Waals surface area contributed by atoms with Crippen molar-refractivity contribution in [1.82, 2.24) is 0 Å². The topological polar surface area (TPSA) is 52.6 Å². The summed E-state index contributed by atoms with van der Waals surface area (Å²) in [5.74, 6) is 0.215. The van der Waals surface area contributed by atoms with E-state index in [1.54, 1.807) is 0 Å². The summed E-state index contributed by atoms with van der Waals surface area (Å²) in [6, 6.07) is 2.38. The summed E-state index contributed by atoms with van der Waals surface area (Å²) < 4.78 is 32.9. The van der Waals surface area contributed by atoms with Gasteiger partial charge >= 0.3 is 0 Å². The number of rotatable bonds is 7. The van der Waals surface area contributed by atoms with Crippen molar-refractivity contribution in [2.24, 2.45) is 0 Å². The van der Waals surface area contributed by atoms with E-state index in [1.165, 1.54) is 12.1 Å². The molecule has 0 aliphatic carbocycles. The Bertz CT molecular complexity index is 508. The zero-order chi connectivity index (χ0) is 14.5. The summed E-state index contributed by atoms with van der Waals surface area (Å²) in [6.45, 7) is 3.32. The molecule has 0 aliphatic rings. The van der Waals surface area contributed by atoms with E-state index in [-0.39, 0.29) is 27.3 Å². The van der Waals surface area contributed by atoms with Crippen molar-refractivity contribution in [1.29, 1.82) is 0 Å². The second kappa shape index (κ2) is 7.55. The zero-order valence-corrected chi connectivity index (χ0v) is 13.2. The number of halogens is 3. The smallest absolute Gasteiger partial charge is 0.261 e. The van der Waals surface area contributed by atoms with E-state index in [4.69, 9.17) is 43.4 Å². The first-order valence-corrected chi connectivity index (χ1v) is 8.57. The van der Waals surface area contributed by atoms with Gasteiger partial charge in [-0.05, 0) is 18.6 Å². The van der Waals surface area contributed by atoms with Crippen LogP contribution in [0.15, 0.2) is 17.0 Å². The minimum absolute atomic E-state index is 0.0854. The van der Waals surface area contributed by atoms with E-state index in [0.717, 1.165) is 6.42 Å². The van der Waals surface area contributed by atoms with E-state index in [0.29, 0.717) is 13.2 Å². The first-order chi connectivity index (χ1) is 8.86. The summed E-state index contributed by atoms with van der Waals surface area (Å²) in [7, 11) is 1.34. The first-order valence-electron chi connectivity index (χ1n) is 5.50. The van der Waals surface area contributed by atoms with Gasteiger partial charge in [-0.15, -0.1) is 0 Å². The molecule has 1 aromatic rings. The van der Waals surface area contributed by atoms with Crippen molar-refractivity contribution in [3.05, 3.63) is 22.2 Å². The van der Waals surface area contributed by atoms with Crippen LogP contribution in [-0.2, 0) is 13.8 Å². The molecular weight excluding hydrogens is 335 g/mol. The third-order valence-corrected chi connectivity index (χ3v) is 3.97. The van der Waals surface area contributed by atoms with Crippen LogP contribution in [0.25, 0.3) is 0 Å². The van der Waals surface area contributed by atoms with Crippen molar-refractivity contribution in [2.45, 2.75) is 18.2 Å². The molecule has 0 radical (unpaired) electrons. The Morgan fingerprint density at radius 2 is 1.68 bits per heavy atom. The quantitative estimate of drug-likeness (QED) is 0.557. The minimum Gasteiger partial charge on any atom is -0.488 e. The number of hydrogen-bond donors (Lipinski definition) is 0. The fourth-order valence-electron chi connectivity index (χ4n) is 1.26. The third-order valence-electron chi connectivity index (χ3n) is 2.08. The van der Waals surface area contributed by atoms with Gasteiger partial charge < -0.3 is 9.47 Å². The maximum atomic E-state index is 11.2. The van der Waals surface area contributed by atoms with E-state index in [1.807, 2.05) is 6.92 Å². The molecule has 0 saturated carbocycles. The predicted octanol–water partition coefficient (Wildman–Crippen LogP) is 3.73. The molecule has 0 spiro atoms. The zero-order valence-electron chi connectivity index (χ0n) is 10.2. The second-order valence-electron chi connectivity index (χ2n) is 3.61. The molecule has 1 rings (SSSR count). The molecule has 0 saturated heterocycles. The lowest BCUT2D eigenvalue weighted by molar-refractivity contribution is 0.101. The van der Waals surface area contributed by atoms with Gasteiger partial charge in [0, 0.05) is 17.3 Å². The molecule has 4 nitrogen and oxygen atoms in total. The molecular formula is C11H13Cl3O4S. The van der Waals surface area contributed by atoms with Crippen LogP contribution in [0.1, 0.15) is 13.3 Å². The van der Waals surface area contributed by atoms with Gasteiger partial charge in [0.25, 0.3) is 9.05 Å². The lowest BCUT2D eigenvalue weighted by Crippen LogP contribution is -2.08. The average molecular weight is 348 g/mol. The first kappa shape index (κ1) is 16.9. The van der Waals surface area contributed by atoms with Gasteiger partial charge in [0.15, 0.2) is 5.75 Å². The van der Waals surface area contributed by atoms with E-state index in [9.17, 15) is 8.42 Å². The molecule has 0 fully saturated rings. The predicted molar refractivity (Wildman–Crippen MR) is 76.1 cm³/mol. The number of ether oxygens (including phenoxy) is 2. The molecule has 0 aliphatic heterocycles. The summed E-state index contributed by atoms with van der Waals surface area (Å²) in [5.41, 5.74) is 0. The van der Waals surface area contributed by atoms with Crippen LogP contribution in [0.4, 0.5) is 0 Å². The van der Waals surface area contributed by atoms with Gasteiger partial charge in [0.2, 0.25) is 0 Å². The fraction of sp³-hybridized carbons (Fsp3) is 0.455. The van der Waals surface area contributed by atoms with Gasteiger partial charge in [0.05, 0.1) is 21.5 Å².